The van der Waals surface area contributed by atoms with Crippen molar-refractivity contribution in [3.8, 4) is 11.3 Å². The molecule has 0 bridgehead atoms. The molecule has 5 rings (SSSR count). The molecular formula is C25H21ClF2N6O2S. The van der Waals surface area contributed by atoms with Gasteiger partial charge in [-0.1, -0.05) is 41.1 Å². The number of thiazole rings is 1. The number of imidazole rings is 1. The minimum Gasteiger partial charge on any atom is -0.381 e. The lowest BCUT2D eigenvalue weighted by Gasteiger charge is -2.39. The Morgan fingerprint density at radius 2 is 1.97 bits per heavy atom. The summed E-state index contributed by atoms with van der Waals surface area (Å²) >= 11 is 7.15. The number of aliphatic hydroxyl groups is 1. The van der Waals surface area contributed by atoms with Crippen molar-refractivity contribution in [1.82, 2.24) is 29.0 Å². The lowest BCUT2D eigenvalue weighted by Crippen LogP contribution is -2.52. The van der Waals surface area contributed by atoms with Gasteiger partial charge in [0.1, 0.15) is 34.8 Å². The van der Waals surface area contributed by atoms with Gasteiger partial charge in [0.25, 0.3) is 5.91 Å². The molecule has 0 unspecified atom stereocenters. The molecule has 5 aromatic rings. The molecule has 3 aromatic heterocycles. The molecule has 0 saturated heterocycles. The second kappa shape index (κ2) is 9.66. The zero-order chi connectivity index (χ0) is 26.3. The van der Waals surface area contributed by atoms with Crippen molar-refractivity contribution in [2.75, 3.05) is 7.05 Å². The number of hydrogen-bond donors (Lipinski definition) is 1. The highest BCUT2D eigenvalue weighted by Gasteiger charge is 2.43. The van der Waals surface area contributed by atoms with Crippen LogP contribution in [0, 0.1) is 11.6 Å². The highest BCUT2D eigenvalue weighted by Crippen LogP contribution is 2.34. The topological polar surface area (TPSA) is 88.5 Å². The highest BCUT2D eigenvalue weighted by atomic mass is 35.5. The van der Waals surface area contributed by atoms with E-state index < -0.39 is 29.2 Å². The Hall–Kier alpha value is -3.67. The van der Waals surface area contributed by atoms with Crippen LogP contribution >= 0.6 is 22.9 Å². The monoisotopic (exact) mass is 542 g/mol. The van der Waals surface area contributed by atoms with Gasteiger partial charge in [-0.2, -0.15) is 5.10 Å². The molecule has 2 atom stereocenters. The van der Waals surface area contributed by atoms with Crippen molar-refractivity contribution < 1.29 is 18.7 Å². The molecule has 2 aromatic carbocycles. The van der Waals surface area contributed by atoms with Gasteiger partial charge in [0.15, 0.2) is 4.96 Å². The molecule has 190 valence electrons. The zero-order valence-electron chi connectivity index (χ0n) is 19.7. The summed E-state index contributed by atoms with van der Waals surface area (Å²) in [5, 5.41) is 16.4. The number of carbonyl (C=O) groups excluding carboxylic acids is 1. The third-order valence-electron chi connectivity index (χ3n) is 6.37. The fourth-order valence-electron chi connectivity index (χ4n) is 4.17. The molecule has 0 saturated carbocycles. The van der Waals surface area contributed by atoms with Gasteiger partial charge in [-0.15, -0.1) is 0 Å². The van der Waals surface area contributed by atoms with E-state index in [0.717, 1.165) is 17.3 Å². The maximum atomic E-state index is 14.9. The van der Waals surface area contributed by atoms with E-state index in [2.05, 4.69) is 15.1 Å². The summed E-state index contributed by atoms with van der Waals surface area (Å²) < 4.78 is 31.6. The fraction of sp³-hybridized carbons (Fsp3) is 0.200. The maximum Gasteiger partial charge on any atom is 0.265 e. The van der Waals surface area contributed by atoms with Gasteiger partial charge in [0, 0.05) is 41.7 Å². The van der Waals surface area contributed by atoms with Crippen molar-refractivity contribution in [2.45, 2.75) is 25.1 Å². The summed E-state index contributed by atoms with van der Waals surface area (Å²) in [6, 6.07) is 9.27. The smallest absolute Gasteiger partial charge is 0.265 e. The van der Waals surface area contributed by atoms with Crippen LogP contribution < -0.4 is 0 Å². The molecule has 0 radical (unpaired) electrons. The second-order valence-corrected chi connectivity index (χ2v) is 10.1. The first-order chi connectivity index (χ1) is 17.7. The van der Waals surface area contributed by atoms with Crippen LogP contribution in [0.5, 0.6) is 0 Å². The number of halogens is 3. The van der Waals surface area contributed by atoms with Crippen LogP contribution in [-0.2, 0) is 12.1 Å². The number of carbonyl (C=O) groups is 1. The van der Waals surface area contributed by atoms with Gasteiger partial charge in [-0.25, -0.2) is 23.4 Å². The zero-order valence-corrected chi connectivity index (χ0v) is 21.3. The van der Waals surface area contributed by atoms with Crippen molar-refractivity contribution >= 4 is 33.8 Å². The highest BCUT2D eigenvalue weighted by molar-refractivity contribution is 7.18. The molecule has 8 nitrogen and oxygen atoms in total. The summed E-state index contributed by atoms with van der Waals surface area (Å²) in [6.45, 7) is 1.38. The van der Waals surface area contributed by atoms with Crippen LogP contribution in [0.3, 0.4) is 0 Å². The molecule has 0 aliphatic heterocycles. The van der Waals surface area contributed by atoms with E-state index in [9.17, 15) is 18.7 Å². The molecule has 0 aliphatic carbocycles. The summed E-state index contributed by atoms with van der Waals surface area (Å²) in [6.07, 6.45) is 6.12. The Kier molecular flexibility index (Phi) is 6.52. The first-order valence-corrected chi connectivity index (χ1v) is 12.4. The Balaban J connectivity index is 1.44. The number of nitrogens with zero attached hydrogens (tertiary/aromatic N) is 6. The average Bonchev–Trinajstić information content (AvgIpc) is 3.60. The predicted octanol–water partition coefficient (Wildman–Crippen LogP) is 4.63. The van der Waals surface area contributed by atoms with E-state index in [1.807, 2.05) is 18.3 Å². The number of likely N-dealkylation sites (N-methyl/N-ethyl adjacent to an activating group) is 1. The number of amides is 1. The SMILES string of the molecule is C[C@@H](N(C)C(=O)c1cn2cc(-c3ccc(Cl)cc3)nc2s1)[C@](O)(Cn1cncn1)c1ccc(F)cc1F. The van der Waals surface area contributed by atoms with E-state index in [-0.39, 0.29) is 12.1 Å². The lowest BCUT2D eigenvalue weighted by atomic mass is 9.85. The molecule has 12 heteroatoms. The number of hydrogen-bond acceptors (Lipinski definition) is 6. The van der Waals surface area contributed by atoms with Crippen molar-refractivity contribution in [3.63, 3.8) is 0 Å². The second-order valence-electron chi connectivity index (χ2n) is 8.65. The molecule has 0 spiro atoms. The quantitative estimate of drug-likeness (QED) is 0.324. The third kappa shape index (κ3) is 4.73. The first kappa shape index (κ1) is 25.0. The number of aromatic nitrogens is 5. The van der Waals surface area contributed by atoms with E-state index in [4.69, 9.17) is 11.6 Å². The third-order valence-corrected chi connectivity index (χ3v) is 7.60. The van der Waals surface area contributed by atoms with Crippen molar-refractivity contribution in [2.24, 2.45) is 0 Å². The van der Waals surface area contributed by atoms with E-state index in [1.54, 1.807) is 29.7 Å². The van der Waals surface area contributed by atoms with Crippen LogP contribution in [0.1, 0.15) is 22.2 Å². The Labute approximate surface area is 219 Å². The summed E-state index contributed by atoms with van der Waals surface area (Å²) in [4.78, 5) is 24.2. The maximum absolute atomic E-state index is 14.9. The minimum atomic E-state index is -1.95. The number of benzene rings is 2. The molecule has 1 amide bonds. The van der Waals surface area contributed by atoms with Gasteiger partial charge >= 0.3 is 0 Å². The summed E-state index contributed by atoms with van der Waals surface area (Å²) in [5.74, 6) is -2.10. The molecule has 3 heterocycles. The van der Waals surface area contributed by atoms with E-state index >= 15 is 0 Å². The summed E-state index contributed by atoms with van der Waals surface area (Å²) in [7, 11) is 1.52. The van der Waals surface area contributed by atoms with Gasteiger partial charge in [0.05, 0.1) is 18.3 Å². The lowest BCUT2D eigenvalue weighted by molar-refractivity contribution is -0.0499. The van der Waals surface area contributed by atoms with Gasteiger partial charge in [-0.05, 0) is 25.1 Å². The predicted molar refractivity (Wildman–Crippen MR) is 135 cm³/mol. The molecular weight excluding hydrogens is 522 g/mol. The largest absolute Gasteiger partial charge is 0.381 e. The van der Waals surface area contributed by atoms with Gasteiger partial charge in [-0.3, -0.25) is 9.20 Å². The normalized spacial score (nSPS) is 14.0. The molecule has 0 fully saturated rings. The van der Waals surface area contributed by atoms with Crippen LogP contribution in [0.15, 0.2) is 67.5 Å². The molecule has 37 heavy (non-hydrogen) atoms. The Morgan fingerprint density at radius 3 is 2.62 bits per heavy atom. The van der Waals surface area contributed by atoms with Crippen molar-refractivity contribution in [3.05, 3.63) is 94.6 Å². The van der Waals surface area contributed by atoms with Crippen molar-refractivity contribution in [1.29, 1.82) is 0 Å². The first-order valence-electron chi connectivity index (χ1n) is 11.2. The van der Waals surface area contributed by atoms with E-state index in [1.165, 1.54) is 46.7 Å². The van der Waals surface area contributed by atoms with E-state index in [0.29, 0.717) is 20.9 Å². The fourth-order valence-corrected chi connectivity index (χ4v) is 5.24. The van der Waals surface area contributed by atoms with Crippen LogP contribution in [0.2, 0.25) is 5.02 Å². The Bertz CT molecular complexity index is 1540. The number of fused-ring (bicyclic) bond motifs is 1. The number of rotatable bonds is 7. The van der Waals surface area contributed by atoms with Crippen LogP contribution in [0.25, 0.3) is 16.2 Å². The standard InChI is InChI=1S/C25H21ClF2N6O2S/c1-15(25(36,12-34-14-29-13-30-34)19-8-7-18(27)9-20(19)28)32(2)23(35)22-11-33-10-21(31-24(33)37-22)16-3-5-17(26)6-4-16/h3-11,13-15,36H,12H2,1-2H3/t15-,25-/m1/s1. The Morgan fingerprint density at radius 1 is 1.22 bits per heavy atom. The minimum absolute atomic E-state index is 0.162. The average molecular weight is 543 g/mol. The van der Waals surface area contributed by atoms with Crippen LogP contribution in [0.4, 0.5) is 8.78 Å². The van der Waals surface area contributed by atoms with Crippen LogP contribution in [-0.4, -0.2) is 53.2 Å². The molecule has 0 aliphatic rings. The molecule has 1 N–H and O–H groups in total. The van der Waals surface area contributed by atoms with Gasteiger partial charge < -0.3 is 10.0 Å². The summed E-state index contributed by atoms with van der Waals surface area (Å²) in [5.41, 5.74) is -0.490. The van der Waals surface area contributed by atoms with Gasteiger partial charge in [0.2, 0.25) is 0 Å².